The standard InChI is InChI=1S/C22H25ClN4O5/c1-30-19-12-15(2-4-17(19)23)25-7-9-26(10-8-25)21(28)14-27-18-5-3-16(31-11-6-24)13-20(18)32-22(27)29/h2-5,12-13H,6-11,14,24H2,1H3. The first-order valence-electron chi connectivity index (χ1n) is 10.3. The molecule has 32 heavy (non-hydrogen) atoms. The van der Waals surface area contributed by atoms with Gasteiger partial charge in [-0.25, -0.2) is 4.79 Å². The molecule has 1 aliphatic heterocycles. The van der Waals surface area contributed by atoms with Crippen LogP contribution >= 0.6 is 11.6 Å². The number of fused-ring (bicyclic) bond motifs is 1. The molecule has 0 radical (unpaired) electrons. The van der Waals surface area contributed by atoms with E-state index in [0.29, 0.717) is 67.0 Å². The molecule has 3 aromatic rings. The Balaban J connectivity index is 1.41. The molecule has 2 N–H and O–H groups in total. The maximum absolute atomic E-state index is 12.9. The SMILES string of the molecule is COc1cc(N2CCN(C(=O)Cn3c(=O)oc4cc(OCCN)ccc43)CC2)ccc1Cl. The minimum absolute atomic E-state index is 0.0798. The van der Waals surface area contributed by atoms with Crippen LogP contribution in [-0.2, 0) is 11.3 Å². The molecule has 0 unspecified atom stereocenters. The number of carbonyl (C=O) groups is 1. The van der Waals surface area contributed by atoms with Gasteiger partial charge in [0.2, 0.25) is 5.91 Å². The van der Waals surface area contributed by atoms with Crippen molar-refractivity contribution in [1.82, 2.24) is 9.47 Å². The van der Waals surface area contributed by atoms with E-state index in [1.807, 2.05) is 12.1 Å². The lowest BCUT2D eigenvalue weighted by atomic mass is 10.2. The van der Waals surface area contributed by atoms with Crippen molar-refractivity contribution in [3.8, 4) is 11.5 Å². The fraction of sp³-hybridized carbons (Fsp3) is 0.364. The smallest absolute Gasteiger partial charge is 0.420 e. The van der Waals surface area contributed by atoms with Crippen molar-refractivity contribution < 1.29 is 18.7 Å². The number of amides is 1. The molecule has 1 aromatic heterocycles. The molecular formula is C22H25ClN4O5. The molecule has 2 heterocycles. The van der Waals surface area contributed by atoms with E-state index in [1.165, 1.54) is 4.57 Å². The Labute approximate surface area is 189 Å². The first-order chi connectivity index (χ1) is 15.5. The number of hydrogen-bond acceptors (Lipinski definition) is 7. The zero-order chi connectivity index (χ0) is 22.7. The van der Waals surface area contributed by atoms with Crippen molar-refractivity contribution in [2.75, 3.05) is 51.3 Å². The van der Waals surface area contributed by atoms with E-state index < -0.39 is 5.76 Å². The molecule has 1 fully saturated rings. The van der Waals surface area contributed by atoms with E-state index in [4.69, 9.17) is 31.2 Å². The molecule has 9 nitrogen and oxygen atoms in total. The van der Waals surface area contributed by atoms with E-state index >= 15 is 0 Å². The number of methoxy groups -OCH3 is 1. The van der Waals surface area contributed by atoms with Crippen molar-refractivity contribution in [1.29, 1.82) is 0 Å². The van der Waals surface area contributed by atoms with Crippen molar-refractivity contribution >= 4 is 34.3 Å². The summed E-state index contributed by atoms with van der Waals surface area (Å²) in [5.41, 5.74) is 7.36. The molecular weight excluding hydrogens is 436 g/mol. The Hall–Kier alpha value is -3.17. The van der Waals surface area contributed by atoms with Crippen LogP contribution in [0.25, 0.3) is 11.1 Å². The predicted molar refractivity (Wildman–Crippen MR) is 122 cm³/mol. The molecule has 170 valence electrons. The average molecular weight is 461 g/mol. The lowest BCUT2D eigenvalue weighted by Gasteiger charge is -2.36. The van der Waals surface area contributed by atoms with Gasteiger partial charge in [0.05, 0.1) is 17.6 Å². The van der Waals surface area contributed by atoms with Crippen LogP contribution in [0.4, 0.5) is 5.69 Å². The Kier molecular flexibility index (Phi) is 6.57. The van der Waals surface area contributed by atoms with Gasteiger partial charge in [0.1, 0.15) is 24.7 Å². The first-order valence-corrected chi connectivity index (χ1v) is 10.7. The molecule has 10 heteroatoms. The van der Waals surface area contributed by atoms with Gasteiger partial charge in [-0.1, -0.05) is 11.6 Å². The number of benzene rings is 2. The minimum atomic E-state index is -0.573. The van der Waals surface area contributed by atoms with Crippen molar-refractivity contribution in [3.63, 3.8) is 0 Å². The summed E-state index contributed by atoms with van der Waals surface area (Å²) in [4.78, 5) is 29.2. The van der Waals surface area contributed by atoms with Crippen molar-refractivity contribution in [2.24, 2.45) is 5.73 Å². The van der Waals surface area contributed by atoms with E-state index in [2.05, 4.69) is 4.90 Å². The monoisotopic (exact) mass is 460 g/mol. The zero-order valence-electron chi connectivity index (χ0n) is 17.8. The molecule has 0 aliphatic carbocycles. The molecule has 1 saturated heterocycles. The van der Waals surface area contributed by atoms with Crippen LogP contribution in [-0.4, -0.2) is 61.8 Å². The second kappa shape index (κ2) is 9.54. The van der Waals surface area contributed by atoms with Gasteiger partial charge in [0.15, 0.2) is 5.58 Å². The third kappa shape index (κ3) is 4.53. The van der Waals surface area contributed by atoms with Crippen molar-refractivity contribution in [3.05, 3.63) is 52.0 Å². The van der Waals surface area contributed by atoms with Gasteiger partial charge in [-0.2, -0.15) is 0 Å². The number of rotatable bonds is 7. The summed E-state index contributed by atoms with van der Waals surface area (Å²) < 4.78 is 17.4. The maximum atomic E-state index is 12.9. The van der Waals surface area contributed by atoms with E-state index in [0.717, 1.165) is 5.69 Å². The molecule has 4 rings (SSSR count). The van der Waals surface area contributed by atoms with E-state index in [-0.39, 0.29) is 12.5 Å². The topological polar surface area (TPSA) is 103 Å². The number of nitrogens with zero attached hydrogens (tertiary/aromatic N) is 3. The number of aromatic nitrogens is 1. The summed E-state index contributed by atoms with van der Waals surface area (Å²) in [6.45, 7) is 3.10. The molecule has 0 saturated carbocycles. The fourth-order valence-electron chi connectivity index (χ4n) is 3.76. The van der Waals surface area contributed by atoms with Crippen LogP contribution in [0.2, 0.25) is 5.02 Å². The zero-order valence-corrected chi connectivity index (χ0v) is 18.5. The second-order valence-electron chi connectivity index (χ2n) is 7.41. The van der Waals surface area contributed by atoms with E-state index in [1.54, 1.807) is 36.3 Å². The third-order valence-corrected chi connectivity index (χ3v) is 5.76. The van der Waals surface area contributed by atoms with Crippen LogP contribution < -0.4 is 25.9 Å². The number of ether oxygens (including phenoxy) is 2. The summed E-state index contributed by atoms with van der Waals surface area (Å²) in [5.74, 6) is 0.471. The number of hydrogen-bond donors (Lipinski definition) is 1. The number of carbonyl (C=O) groups excluding carboxylic acids is 1. The van der Waals surface area contributed by atoms with Gasteiger partial charge in [0.25, 0.3) is 0 Å². The Morgan fingerprint density at radius 1 is 1.16 bits per heavy atom. The van der Waals surface area contributed by atoms with Gasteiger partial charge in [-0.3, -0.25) is 9.36 Å². The molecule has 0 atom stereocenters. The summed E-state index contributed by atoms with van der Waals surface area (Å²) in [6, 6.07) is 10.7. The highest BCUT2D eigenvalue weighted by Gasteiger charge is 2.23. The van der Waals surface area contributed by atoms with Crippen LogP contribution in [0.15, 0.2) is 45.6 Å². The van der Waals surface area contributed by atoms with Crippen molar-refractivity contribution in [2.45, 2.75) is 6.54 Å². The Bertz CT molecular complexity index is 1170. The minimum Gasteiger partial charge on any atom is -0.495 e. The van der Waals surface area contributed by atoms with Crippen LogP contribution in [0.5, 0.6) is 11.5 Å². The maximum Gasteiger partial charge on any atom is 0.420 e. The number of nitrogens with two attached hydrogens (primary N) is 1. The number of piperazine rings is 1. The second-order valence-corrected chi connectivity index (χ2v) is 7.81. The van der Waals surface area contributed by atoms with Gasteiger partial charge >= 0.3 is 5.76 Å². The first kappa shape index (κ1) is 22.0. The normalized spacial score (nSPS) is 14.1. The quantitative estimate of drug-likeness (QED) is 0.574. The highest BCUT2D eigenvalue weighted by molar-refractivity contribution is 6.32. The fourth-order valence-corrected chi connectivity index (χ4v) is 3.95. The van der Waals surface area contributed by atoms with Gasteiger partial charge in [-0.15, -0.1) is 0 Å². The summed E-state index contributed by atoms with van der Waals surface area (Å²) >= 11 is 6.11. The average Bonchev–Trinajstić information content (AvgIpc) is 3.12. The highest BCUT2D eigenvalue weighted by Crippen LogP contribution is 2.30. The summed E-state index contributed by atoms with van der Waals surface area (Å²) in [7, 11) is 1.58. The Morgan fingerprint density at radius 3 is 2.66 bits per heavy atom. The molecule has 1 aliphatic rings. The number of oxazole rings is 1. The number of anilines is 1. The summed E-state index contributed by atoms with van der Waals surface area (Å²) in [5, 5.41) is 0.556. The predicted octanol–water partition coefficient (Wildman–Crippen LogP) is 1.94. The Morgan fingerprint density at radius 2 is 1.94 bits per heavy atom. The summed E-state index contributed by atoms with van der Waals surface area (Å²) in [6.07, 6.45) is 0. The lowest BCUT2D eigenvalue weighted by molar-refractivity contribution is -0.132. The molecule has 1 amide bonds. The van der Waals surface area contributed by atoms with Crippen LogP contribution in [0.1, 0.15) is 0 Å². The van der Waals surface area contributed by atoms with Crippen LogP contribution in [0.3, 0.4) is 0 Å². The molecule has 2 aromatic carbocycles. The molecule has 0 spiro atoms. The van der Waals surface area contributed by atoms with Gasteiger partial charge in [-0.05, 0) is 24.3 Å². The van der Waals surface area contributed by atoms with E-state index in [9.17, 15) is 9.59 Å². The van der Waals surface area contributed by atoms with Gasteiger partial charge < -0.3 is 29.4 Å². The third-order valence-electron chi connectivity index (χ3n) is 5.45. The van der Waals surface area contributed by atoms with Gasteiger partial charge in [0, 0.05) is 50.5 Å². The highest BCUT2D eigenvalue weighted by atomic mass is 35.5. The van der Waals surface area contributed by atoms with Crippen LogP contribution in [0, 0.1) is 0 Å². The lowest BCUT2D eigenvalue weighted by Crippen LogP contribution is -2.50. The number of halogens is 1. The largest absolute Gasteiger partial charge is 0.495 e. The molecule has 0 bridgehead atoms.